The molecule has 1 aliphatic heterocycles. The zero-order valence-corrected chi connectivity index (χ0v) is 13.8. The first kappa shape index (κ1) is 16.2. The summed E-state index contributed by atoms with van der Waals surface area (Å²) >= 11 is 0. The van der Waals surface area contributed by atoms with Crippen molar-refractivity contribution in [2.45, 2.75) is 18.9 Å². The fourth-order valence-corrected chi connectivity index (χ4v) is 3.13. The summed E-state index contributed by atoms with van der Waals surface area (Å²) in [5.41, 5.74) is 2.45. The van der Waals surface area contributed by atoms with E-state index in [1.807, 2.05) is 24.3 Å². The smallest absolute Gasteiger partial charge is 0.335 e. The number of benzene rings is 2. The predicted molar refractivity (Wildman–Crippen MR) is 91.8 cm³/mol. The van der Waals surface area contributed by atoms with Crippen LogP contribution in [0.3, 0.4) is 0 Å². The summed E-state index contributed by atoms with van der Waals surface area (Å²) in [4.78, 5) is 23.8. The lowest BCUT2D eigenvalue weighted by Gasteiger charge is -2.15. The molecule has 0 fully saturated rings. The number of carboxylic acid groups (broad SMARTS) is 1. The van der Waals surface area contributed by atoms with Crippen LogP contribution < -0.4 is 9.47 Å². The largest absolute Gasteiger partial charge is 0.478 e. The molecule has 0 bridgehead atoms. The summed E-state index contributed by atoms with van der Waals surface area (Å²) in [6.45, 7) is 0.201. The topological polar surface area (TPSA) is 82.1 Å². The van der Waals surface area contributed by atoms with Crippen LogP contribution >= 0.6 is 0 Å². The van der Waals surface area contributed by atoms with Crippen molar-refractivity contribution in [2.24, 2.45) is 0 Å². The van der Waals surface area contributed by atoms with Crippen LogP contribution in [0.1, 0.15) is 29.2 Å². The molecule has 0 saturated heterocycles. The molecule has 0 spiro atoms. The highest BCUT2D eigenvalue weighted by Crippen LogP contribution is 2.37. The van der Waals surface area contributed by atoms with Crippen LogP contribution in [-0.2, 0) is 20.7 Å². The Bertz CT molecular complexity index is 914. The van der Waals surface area contributed by atoms with Crippen molar-refractivity contribution in [1.29, 1.82) is 0 Å². The molecule has 1 aliphatic carbocycles. The second kappa shape index (κ2) is 6.55. The number of aliphatic carboxylic acids is 1. The van der Waals surface area contributed by atoms with Crippen molar-refractivity contribution in [3.8, 4) is 11.5 Å². The molecule has 2 aliphatic rings. The number of ether oxygens (including phenoxy) is 3. The molecule has 0 saturated carbocycles. The Labute approximate surface area is 149 Å². The van der Waals surface area contributed by atoms with Gasteiger partial charge in [-0.1, -0.05) is 30.3 Å². The van der Waals surface area contributed by atoms with Gasteiger partial charge in [0.15, 0.2) is 17.6 Å². The van der Waals surface area contributed by atoms with Gasteiger partial charge in [-0.2, -0.15) is 0 Å². The van der Waals surface area contributed by atoms with Crippen LogP contribution in [-0.4, -0.2) is 23.8 Å². The van der Waals surface area contributed by atoms with Gasteiger partial charge in [-0.05, 0) is 35.8 Å². The number of aryl methyl sites for hydroxylation is 1. The lowest BCUT2D eigenvalue weighted by Crippen LogP contribution is -2.16. The molecule has 6 heteroatoms. The van der Waals surface area contributed by atoms with Gasteiger partial charge >= 0.3 is 11.9 Å². The minimum absolute atomic E-state index is 0.0719. The third-order valence-electron chi connectivity index (χ3n) is 4.42. The van der Waals surface area contributed by atoms with Crippen molar-refractivity contribution >= 4 is 18.0 Å². The van der Waals surface area contributed by atoms with Gasteiger partial charge in [0.05, 0.1) is 5.57 Å². The molecule has 1 atom stereocenters. The van der Waals surface area contributed by atoms with Gasteiger partial charge in [0.1, 0.15) is 0 Å². The maximum atomic E-state index is 12.3. The quantitative estimate of drug-likeness (QED) is 0.833. The number of carbonyl (C=O) groups excluding carboxylic acids is 1. The number of rotatable bonds is 5. The van der Waals surface area contributed by atoms with Crippen LogP contribution in [0.25, 0.3) is 6.08 Å². The van der Waals surface area contributed by atoms with E-state index in [1.54, 1.807) is 24.3 Å². The molecule has 132 valence electrons. The molecular weight excluding hydrogens is 336 g/mol. The van der Waals surface area contributed by atoms with Gasteiger partial charge in [0.25, 0.3) is 0 Å². The van der Waals surface area contributed by atoms with Crippen LogP contribution in [0.15, 0.2) is 48.0 Å². The first-order valence-corrected chi connectivity index (χ1v) is 8.23. The minimum atomic E-state index is -1.09. The lowest BCUT2D eigenvalue weighted by atomic mass is 10.1. The SMILES string of the molecule is O=C(CCc1ccc2c(c1)OCO2)OC1C(C(=O)O)=Cc2ccccc21. The molecule has 0 radical (unpaired) electrons. The van der Waals surface area contributed by atoms with E-state index in [4.69, 9.17) is 14.2 Å². The van der Waals surface area contributed by atoms with E-state index in [9.17, 15) is 14.7 Å². The Morgan fingerprint density at radius 2 is 1.92 bits per heavy atom. The summed E-state index contributed by atoms with van der Waals surface area (Å²) in [6, 6.07) is 12.7. The average molecular weight is 352 g/mol. The second-order valence-electron chi connectivity index (χ2n) is 6.09. The van der Waals surface area contributed by atoms with E-state index >= 15 is 0 Å². The number of fused-ring (bicyclic) bond motifs is 2. The Morgan fingerprint density at radius 1 is 1.12 bits per heavy atom. The zero-order chi connectivity index (χ0) is 18.1. The highest BCUT2D eigenvalue weighted by atomic mass is 16.7. The molecule has 1 heterocycles. The fourth-order valence-electron chi connectivity index (χ4n) is 3.13. The van der Waals surface area contributed by atoms with Crippen molar-refractivity contribution in [3.05, 3.63) is 64.7 Å². The summed E-state index contributed by atoms with van der Waals surface area (Å²) in [7, 11) is 0. The summed E-state index contributed by atoms with van der Waals surface area (Å²) < 4.78 is 16.1. The lowest BCUT2D eigenvalue weighted by molar-refractivity contribution is -0.148. The molecule has 26 heavy (non-hydrogen) atoms. The van der Waals surface area contributed by atoms with Gasteiger partial charge in [-0.15, -0.1) is 0 Å². The van der Waals surface area contributed by atoms with Gasteiger partial charge in [-0.25, -0.2) is 4.79 Å². The summed E-state index contributed by atoms with van der Waals surface area (Å²) in [6.07, 6.45) is 1.29. The van der Waals surface area contributed by atoms with E-state index in [-0.39, 0.29) is 18.8 Å². The van der Waals surface area contributed by atoms with Crippen molar-refractivity contribution in [1.82, 2.24) is 0 Å². The normalized spacial score (nSPS) is 16.8. The Balaban J connectivity index is 1.43. The third-order valence-corrected chi connectivity index (χ3v) is 4.42. The molecular formula is C20H16O6. The molecule has 1 N–H and O–H groups in total. The van der Waals surface area contributed by atoms with Crippen molar-refractivity contribution in [2.75, 3.05) is 6.79 Å². The number of hydrogen-bond acceptors (Lipinski definition) is 5. The minimum Gasteiger partial charge on any atom is -0.478 e. The Hall–Kier alpha value is -3.28. The highest BCUT2D eigenvalue weighted by molar-refractivity contribution is 5.97. The van der Waals surface area contributed by atoms with Gasteiger partial charge < -0.3 is 19.3 Å². The standard InChI is InChI=1S/C20H16O6/c21-18(8-6-12-5-7-16-17(9-12)25-11-24-16)26-19-14-4-2-1-3-13(14)10-15(19)20(22)23/h1-5,7,9-10,19H,6,8,11H2,(H,22,23). The molecule has 0 amide bonds. The monoisotopic (exact) mass is 352 g/mol. The number of hydrogen-bond donors (Lipinski definition) is 1. The summed E-state index contributed by atoms with van der Waals surface area (Å²) in [5, 5.41) is 9.38. The third kappa shape index (κ3) is 3.01. The number of esters is 1. The Morgan fingerprint density at radius 3 is 2.77 bits per heavy atom. The van der Waals surface area contributed by atoms with E-state index in [2.05, 4.69) is 0 Å². The molecule has 6 nitrogen and oxygen atoms in total. The predicted octanol–water partition coefficient (Wildman–Crippen LogP) is 3.11. The van der Waals surface area contributed by atoms with Crippen molar-refractivity contribution in [3.63, 3.8) is 0 Å². The molecule has 4 rings (SSSR count). The van der Waals surface area contributed by atoms with Crippen LogP contribution in [0.4, 0.5) is 0 Å². The Kier molecular flexibility index (Phi) is 4.08. The van der Waals surface area contributed by atoms with E-state index < -0.39 is 18.0 Å². The van der Waals surface area contributed by atoms with E-state index in [1.165, 1.54) is 0 Å². The highest BCUT2D eigenvalue weighted by Gasteiger charge is 2.32. The van der Waals surface area contributed by atoms with Crippen LogP contribution in [0, 0.1) is 0 Å². The summed E-state index contributed by atoms with van der Waals surface area (Å²) in [5.74, 6) is -0.182. The number of carbonyl (C=O) groups is 2. The zero-order valence-electron chi connectivity index (χ0n) is 13.8. The van der Waals surface area contributed by atoms with E-state index in [0.717, 1.165) is 11.1 Å². The second-order valence-corrected chi connectivity index (χ2v) is 6.09. The van der Waals surface area contributed by atoms with Crippen LogP contribution in [0.5, 0.6) is 11.5 Å². The maximum absolute atomic E-state index is 12.3. The van der Waals surface area contributed by atoms with Crippen LogP contribution in [0.2, 0.25) is 0 Å². The molecule has 2 aromatic rings. The van der Waals surface area contributed by atoms with Gasteiger partial charge in [-0.3, -0.25) is 4.79 Å². The molecule has 2 aromatic carbocycles. The maximum Gasteiger partial charge on any atom is 0.335 e. The van der Waals surface area contributed by atoms with Gasteiger partial charge in [0.2, 0.25) is 6.79 Å². The first-order chi connectivity index (χ1) is 12.6. The van der Waals surface area contributed by atoms with E-state index in [0.29, 0.717) is 23.5 Å². The molecule has 1 unspecified atom stereocenters. The molecule has 0 aromatic heterocycles. The first-order valence-electron chi connectivity index (χ1n) is 8.23. The van der Waals surface area contributed by atoms with Gasteiger partial charge in [0, 0.05) is 12.0 Å². The average Bonchev–Trinajstić information content (AvgIpc) is 3.24. The fraction of sp³-hybridized carbons (Fsp3) is 0.200. The van der Waals surface area contributed by atoms with Crippen molar-refractivity contribution < 1.29 is 28.9 Å². The number of carboxylic acids is 1.